The lowest BCUT2D eigenvalue weighted by atomic mass is 10.1. The van der Waals surface area contributed by atoms with Gasteiger partial charge in [-0.05, 0) is 35.5 Å². The zero-order chi connectivity index (χ0) is 10.0. The van der Waals surface area contributed by atoms with E-state index in [1.165, 1.54) is 11.1 Å². The summed E-state index contributed by atoms with van der Waals surface area (Å²) >= 11 is 0. The second-order valence-electron chi connectivity index (χ2n) is 4.00. The second kappa shape index (κ2) is 3.31. The van der Waals surface area contributed by atoms with Gasteiger partial charge in [-0.1, -0.05) is 0 Å². The summed E-state index contributed by atoms with van der Waals surface area (Å²) in [6.07, 6.45) is 16.7. The summed E-state index contributed by atoms with van der Waals surface area (Å²) in [4.78, 5) is 0. The maximum absolute atomic E-state index is 3.02. The van der Waals surface area contributed by atoms with Crippen molar-refractivity contribution in [3.8, 4) is 0 Å². The molecule has 0 bridgehead atoms. The first-order chi connectivity index (χ1) is 6.67. The van der Waals surface area contributed by atoms with Gasteiger partial charge in [-0.2, -0.15) is 0 Å². The van der Waals surface area contributed by atoms with E-state index in [0.717, 1.165) is 4.48 Å². The molecule has 0 aromatic heterocycles. The van der Waals surface area contributed by atoms with E-state index in [9.17, 15) is 0 Å². The first-order valence-corrected chi connectivity index (χ1v) is 4.73. The molecule has 0 atom stereocenters. The average Bonchev–Trinajstić information content (AvgIpc) is 2.19. The Bertz CT molecular complexity index is 347. The van der Waals surface area contributed by atoms with Crippen molar-refractivity contribution in [2.45, 2.75) is 0 Å². The van der Waals surface area contributed by atoms with E-state index in [-0.39, 0.29) is 0 Å². The highest BCUT2D eigenvalue weighted by Gasteiger charge is 2.12. The molecule has 0 fully saturated rings. The largest absolute Gasteiger partial charge is 0.368 e. The SMILES string of the molecule is C[N+]1(C)C=CC(=C2C=CNC=C2)C=C1. The van der Waals surface area contributed by atoms with Gasteiger partial charge >= 0.3 is 0 Å². The number of rotatable bonds is 0. The van der Waals surface area contributed by atoms with Gasteiger partial charge in [0.05, 0.1) is 14.1 Å². The molecule has 2 rings (SSSR count). The van der Waals surface area contributed by atoms with Gasteiger partial charge in [0.2, 0.25) is 0 Å². The topological polar surface area (TPSA) is 12.0 Å². The lowest BCUT2D eigenvalue weighted by Gasteiger charge is -2.22. The van der Waals surface area contributed by atoms with E-state index in [1.807, 2.05) is 12.4 Å². The molecule has 14 heavy (non-hydrogen) atoms. The van der Waals surface area contributed by atoms with Crippen molar-refractivity contribution in [2.75, 3.05) is 14.1 Å². The first kappa shape index (κ1) is 9.03. The summed E-state index contributed by atoms with van der Waals surface area (Å²) < 4.78 is 0.808. The zero-order valence-electron chi connectivity index (χ0n) is 8.57. The van der Waals surface area contributed by atoms with Crippen molar-refractivity contribution in [3.63, 3.8) is 0 Å². The highest BCUT2D eigenvalue weighted by Crippen LogP contribution is 2.19. The fourth-order valence-corrected chi connectivity index (χ4v) is 1.42. The molecule has 0 aliphatic carbocycles. The molecule has 0 saturated carbocycles. The van der Waals surface area contributed by atoms with Gasteiger partial charge in [-0.25, -0.2) is 0 Å². The normalized spacial score (nSPS) is 22.7. The fraction of sp³-hybridized carbons (Fsp3) is 0.167. The summed E-state index contributed by atoms with van der Waals surface area (Å²) in [5, 5.41) is 3.02. The van der Waals surface area contributed by atoms with Crippen molar-refractivity contribution in [2.24, 2.45) is 0 Å². The van der Waals surface area contributed by atoms with Crippen LogP contribution in [0.1, 0.15) is 0 Å². The lowest BCUT2D eigenvalue weighted by molar-refractivity contribution is -0.784. The van der Waals surface area contributed by atoms with E-state index in [0.29, 0.717) is 0 Å². The molecule has 0 radical (unpaired) electrons. The number of hydrogen-bond donors (Lipinski definition) is 1. The molecular weight excluding hydrogens is 172 g/mol. The molecule has 0 unspecified atom stereocenters. The van der Waals surface area contributed by atoms with Gasteiger partial charge in [-0.15, -0.1) is 0 Å². The Labute approximate surface area is 84.8 Å². The fourth-order valence-electron chi connectivity index (χ4n) is 1.42. The summed E-state index contributed by atoms with van der Waals surface area (Å²) in [6, 6.07) is 0. The summed E-state index contributed by atoms with van der Waals surface area (Å²) in [5.74, 6) is 0. The standard InChI is InChI=1S/C12H15N2/c1-14(2)9-5-12(6-10-14)11-3-7-13-8-4-11/h3-10,13H,1-2H3/q+1. The third-order valence-corrected chi connectivity index (χ3v) is 2.33. The van der Waals surface area contributed by atoms with Gasteiger partial charge in [0, 0.05) is 12.4 Å². The molecule has 0 aromatic carbocycles. The van der Waals surface area contributed by atoms with Crippen LogP contribution in [0.2, 0.25) is 0 Å². The summed E-state index contributed by atoms with van der Waals surface area (Å²) in [7, 11) is 4.28. The number of nitrogens with zero attached hydrogens (tertiary/aromatic N) is 1. The Morgan fingerprint density at radius 3 is 1.93 bits per heavy atom. The number of hydrogen-bond acceptors (Lipinski definition) is 1. The predicted molar refractivity (Wildman–Crippen MR) is 58.8 cm³/mol. The minimum atomic E-state index is 0.808. The van der Waals surface area contributed by atoms with Crippen LogP contribution in [0.3, 0.4) is 0 Å². The third-order valence-electron chi connectivity index (χ3n) is 2.33. The Kier molecular flexibility index (Phi) is 2.14. The van der Waals surface area contributed by atoms with Crippen molar-refractivity contribution >= 4 is 0 Å². The molecule has 2 nitrogen and oxygen atoms in total. The van der Waals surface area contributed by atoms with Crippen molar-refractivity contribution < 1.29 is 4.48 Å². The minimum Gasteiger partial charge on any atom is -0.368 e. The van der Waals surface area contributed by atoms with E-state index in [2.05, 4.69) is 56.1 Å². The van der Waals surface area contributed by atoms with Gasteiger partial charge in [-0.3, -0.25) is 4.48 Å². The van der Waals surface area contributed by atoms with E-state index >= 15 is 0 Å². The molecule has 0 saturated heterocycles. The molecule has 2 aliphatic rings. The van der Waals surface area contributed by atoms with Crippen LogP contribution in [-0.4, -0.2) is 18.6 Å². The Morgan fingerprint density at radius 1 is 0.857 bits per heavy atom. The third kappa shape index (κ3) is 1.86. The first-order valence-electron chi connectivity index (χ1n) is 4.73. The summed E-state index contributed by atoms with van der Waals surface area (Å²) in [6.45, 7) is 0. The molecule has 2 aliphatic heterocycles. The number of nitrogens with one attached hydrogen (secondary N) is 1. The molecule has 0 amide bonds. The maximum atomic E-state index is 3.02. The van der Waals surface area contributed by atoms with E-state index in [4.69, 9.17) is 0 Å². The van der Waals surface area contributed by atoms with Crippen molar-refractivity contribution in [1.82, 2.24) is 5.32 Å². The Hall–Kier alpha value is -1.54. The molecular formula is C12H15N2+. The van der Waals surface area contributed by atoms with Gasteiger partial charge in [0.1, 0.15) is 12.4 Å². The summed E-state index contributed by atoms with van der Waals surface area (Å²) in [5.41, 5.74) is 2.51. The highest BCUT2D eigenvalue weighted by molar-refractivity contribution is 5.47. The molecule has 2 heteroatoms. The number of dihydropyridines is 1. The van der Waals surface area contributed by atoms with Crippen molar-refractivity contribution in [1.29, 1.82) is 0 Å². The molecule has 1 N–H and O–H groups in total. The van der Waals surface area contributed by atoms with Crippen LogP contribution in [-0.2, 0) is 0 Å². The van der Waals surface area contributed by atoms with Crippen LogP contribution in [0.5, 0.6) is 0 Å². The highest BCUT2D eigenvalue weighted by atomic mass is 15.3. The maximum Gasteiger partial charge on any atom is 0.101 e. The van der Waals surface area contributed by atoms with Crippen LogP contribution in [0, 0.1) is 0 Å². The number of quaternary nitrogens is 1. The van der Waals surface area contributed by atoms with Crippen LogP contribution in [0.4, 0.5) is 0 Å². The number of allylic oxidation sites excluding steroid dienone is 6. The Morgan fingerprint density at radius 2 is 1.36 bits per heavy atom. The quantitative estimate of drug-likeness (QED) is 0.572. The molecule has 0 spiro atoms. The second-order valence-corrected chi connectivity index (χ2v) is 4.00. The predicted octanol–water partition coefficient (Wildman–Crippen LogP) is 2.03. The van der Waals surface area contributed by atoms with Crippen LogP contribution >= 0.6 is 0 Å². The average molecular weight is 187 g/mol. The van der Waals surface area contributed by atoms with Gasteiger partial charge < -0.3 is 5.32 Å². The smallest absolute Gasteiger partial charge is 0.101 e. The van der Waals surface area contributed by atoms with Crippen LogP contribution in [0.25, 0.3) is 0 Å². The van der Waals surface area contributed by atoms with Crippen molar-refractivity contribution in [3.05, 3.63) is 60.3 Å². The van der Waals surface area contributed by atoms with Crippen LogP contribution in [0.15, 0.2) is 60.3 Å². The molecule has 0 aromatic rings. The van der Waals surface area contributed by atoms with E-state index in [1.54, 1.807) is 0 Å². The van der Waals surface area contributed by atoms with Crippen LogP contribution < -0.4 is 5.32 Å². The zero-order valence-corrected chi connectivity index (χ0v) is 8.57. The lowest BCUT2D eigenvalue weighted by Crippen LogP contribution is -2.27. The monoisotopic (exact) mass is 187 g/mol. The molecule has 72 valence electrons. The van der Waals surface area contributed by atoms with E-state index < -0.39 is 0 Å². The molecule has 2 heterocycles. The Balaban J connectivity index is 2.30. The van der Waals surface area contributed by atoms with Gasteiger partial charge in [0.15, 0.2) is 0 Å². The minimum absolute atomic E-state index is 0.808. The van der Waals surface area contributed by atoms with Gasteiger partial charge in [0.25, 0.3) is 0 Å².